The number of aliphatic hydroxyl groups excluding tert-OH is 1. The number of aliphatic hydroxyl groups is 1. The number of urea groups is 1. The molecule has 4 nitrogen and oxygen atoms in total. The van der Waals surface area contributed by atoms with Crippen molar-refractivity contribution >= 4 is 6.03 Å². The molecule has 1 saturated carbocycles. The summed E-state index contributed by atoms with van der Waals surface area (Å²) >= 11 is 0. The Labute approximate surface area is 91.6 Å². The Morgan fingerprint density at radius 3 is 2.73 bits per heavy atom. The van der Waals surface area contributed by atoms with E-state index in [0.717, 1.165) is 18.9 Å². The smallest absolute Gasteiger partial charge is 0.317 e. The average molecular weight is 214 g/mol. The maximum absolute atomic E-state index is 11.5. The van der Waals surface area contributed by atoms with Gasteiger partial charge in [-0.15, -0.1) is 0 Å². The second-order valence-corrected chi connectivity index (χ2v) is 4.46. The summed E-state index contributed by atoms with van der Waals surface area (Å²) in [7, 11) is 1.71. The van der Waals surface area contributed by atoms with E-state index < -0.39 is 0 Å². The molecule has 1 fully saturated rings. The van der Waals surface area contributed by atoms with Gasteiger partial charge < -0.3 is 15.3 Å². The molecule has 0 aromatic rings. The molecular weight excluding hydrogens is 192 g/mol. The van der Waals surface area contributed by atoms with Gasteiger partial charge in [-0.25, -0.2) is 4.79 Å². The van der Waals surface area contributed by atoms with Crippen LogP contribution in [0.3, 0.4) is 0 Å². The lowest BCUT2D eigenvalue weighted by Gasteiger charge is -2.27. The molecule has 1 unspecified atom stereocenters. The molecule has 1 rings (SSSR count). The van der Waals surface area contributed by atoms with Crippen LogP contribution in [0.5, 0.6) is 0 Å². The first-order chi connectivity index (χ1) is 7.15. The van der Waals surface area contributed by atoms with E-state index >= 15 is 0 Å². The van der Waals surface area contributed by atoms with Crippen LogP contribution in [0.25, 0.3) is 0 Å². The number of carbonyl (C=O) groups is 1. The molecule has 0 radical (unpaired) electrons. The molecule has 0 aromatic carbocycles. The fourth-order valence-corrected chi connectivity index (χ4v) is 1.61. The Bertz CT molecular complexity index is 205. The summed E-state index contributed by atoms with van der Waals surface area (Å²) in [6.07, 6.45) is 5.07. The summed E-state index contributed by atoms with van der Waals surface area (Å²) in [5, 5.41) is 11.8. The molecule has 2 amide bonds. The van der Waals surface area contributed by atoms with Gasteiger partial charge in [-0.1, -0.05) is 19.3 Å². The van der Waals surface area contributed by atoms with Crippen LogP contribution < -0.4 is 5.32 Å². The molecule has 0 saturated heterocycles. The Balaban J connectivity index is 2.11. The van der Waals surface area contributed by atoms with Gasteiger partial charge in [0, 0.05) is 13.6 Å². The molecule has 0 aliphatic heterocycles. The largest absolute Gasteiger partial charge is 0.394 e. The molecule has 0 heterocycles. The summed E-state index contributed by atoms with van der Waals surface area (Å²) in [5.41, 5.74) is 0. The molecule has 2 N–H and O–H groups in total. The van der Waals surface area contributed by atoms with Crippen LogP contribution in [0.2, 0.25) is 0 Å². The van der Waals surface area contributed by atoms with E-state index in [0.29, 0.717) is 0 Å². The highest BCUT2D eigenvalue weighted by atomic mass is 16.3. The summed E-state index contributed by atoms with van der Waals surface area (Å²) in [6, 6.07) is -0.204. The van der Waals surface area contributed by atoms with Gasteiger partial charge in [0.15, 0.2) is 0 Å². The van der Waals surface area contributed by atoms with Gasteiger partial charge in [0.1, 0.15) is 0 Å². The fraction of sp³-hybridized carbons (Fsp3) is 0.909. The Hall–Kier alpha value is -0.770. The van der Waals surface area contributed by atoms with E-state index in [1.54, 1.807) is 11.9 Å². The van der Waals surface area contributed by atoms with Crippen LogP contribution in [0.15, 0.2) is 0 Å². The highest BCUT2D eigenvalue weighted by molar-refractivity contribution is 5.74. The topological polar surface area (TPSA) is 52.6 Å². The normalized spacial score (nSPS) is 18.1. The molecule has 0 spiro atoms. The minimum absolute atomic E-state index is 0.00649. The van der Waals surface area contributed by atoms with Gasteiger partial charge in [-0.05, 0) is 19.3 Å². The lowest BCUT2D eigenvalue weighted by atomic mass is 9.83. The van der Waals surface area contributed by atoms with E-state index in [-0.39, 0.29) is 18.7 Å². The van der Waals surface area contributed by atoms with E-state index in [4.69, 9.17) is 5.11 Å². The third kappa shape index (κ3) is 3.70. The van der Waals surface area contributed by atoms with Crippen LogP contribution >= 0.6 is 0 Å². The predicted molar refractivity (Wildman–Crippen MR) is 59.7 cm³/mol. The number of hydrogen-bond acceptors (Lipinski definition) is 2. The van der Waals surface area contributed by atoms with Gasteiger partial charge in [0.25, 0.3) is 0 Å². The van der Waals surface area contributed by atoms with E-state index in [9.17, 15) is 4.79 Å². The van der Waals surface area contributed by atoms with Crippen LogP contribution in [0.1, 0.15) is 32.6 Å². The number of hydrogen-bond donors (Lipinski definition) is 2. The van der Waals surface area contributed by atoms with Crippen LogP contribution in [-0.4, -0.2) is 42.3 Å². The van der Waals surface area contributed by atoms with Gasteiger partial charge in [-0.3, -0.25) is 0 Å². The highest BCUT2D eigenvalue weighted by Gasteiger charge is 2.18. The van der Waals surface area contributed by atoms with Gasteiger partial charge >= 0.3 is 6.03 Å². The molecule has 1 aliphatic rings. The second kappa shape index (κ2) is 5.95. The van der Waals surface area contributed by atoms with Crippen molar-refractivity contribution in [2.24, 2.45) is 5.92 Å². The van der Waals surface area contributed by atoms with Crippen molar-refractivity contribution in [3.63, 3.8) is 0 Å². The van der Waals surface area contributed by atoms with Crippen LogP contribution in [0.4, 0.5) is 4.79 Å². The number of amides is 2. The molecule has 4 heteroatoms. The lowest BCUT2D eigenvalue weighted by molar-refractivity contribution is 0.156. The fourth-order valence-electron chi connectivity index (χ4n) is 1.61. The Kier molecular flexibility index (Phi) is 4.88. The highest BCUT2D eigenvalue weighted by Crippen LogP contribution is 2.28. The maximum Gasteiger partial charge on any atom is 0.317 e. The zero-order chi connectivity index (χ0) is 11.3. The number of nitrogens with zero attached hydrogens (tertiary/aromatic N) is 1. The zero-order valence-electron chi connectivity index (χ0n) is 9.70. The Morgan fingerprint density at radius 2 is 2.27 bits per heavy atom. The summed E-state index contributed by atoms with van der Waals surface area (Å²) < 4.78 is 0. The predicted octanol–water partition coefficient (Wildman–Crippen LogP) is 1.20. The first kappa shape index (κ1) is 12.3. The monoisotopic (exact) mass is 214 g/mol. The quantitative estimate of drug-likeness (QED) is 0.722. The van der Waals surface area contributed by atoms with Crippen molar-refractivity contribution < 1.29 is 9.90 Å². The average Bonchev–Trinajstić information content (AvgIpc) is 2.19. The number of nitrogens with one attached hydrogen (secondary N) is 1. The van der Waals surface area contributed by atoms with Crippen molar-refractivity contribution in [2.75, 3.05) is 20.2 Å². The standard InChI is InChI=1S/C11H22N2O2/c1-9(8-14)13(2)11(15)12-7-6-10-4-3-5-10/h9-10,14H,3-8H2,1-2H3,(H,12,15). The van der Waals surface area contributed by atoms with Gasteiger partial charge in [0.2, 0.25) is 0 Å². The zero-order valence-corrected chi connectivity index (χ0v) is 9.70. The van der Waals surface area contributed by atoms with Crippen molar-refractivity contribution in [3.8, 4) is 0 Å². The van der Waals surface area contributed by atoms with Crippen molar-refractivity contribution in [1.82, 2.24) is 10.2 Å². The van der Waals surface area contributed by atoms with E-state index in [1.165, 1.54) is 19.3 Å². The third-order valence-electron chi connectivity index (χ3n) is 3.30. The van der Waals surface area contributed by atoms with E-state index in [1.807, 2.05) is 6.92 Å². The van der Waals surface area contributed by atoms with Crippen molar-refractivity contribution in [3.05, 3.63) is 0 Å². The molecule has 1 atom stereocenters. The van der Waals surface area contributed by atoms with E-state index in [2.05, 4.69) is 5.32 Å². The molecule has 15 heavy (non-hydrogen) atoms. The van der Waals surface area contributed by atoms with Crippen molar-refractivity contribution in [1.29, 1.82) is 0 Å². The molecule has 0 aromatic heterocycles. The first-order valence-electron chi connectivity index (χ1n) is 5.76. The first-order valence-corrected chi connectivity index (χ1v) is 5.76. The summed E-state index contributed by atoms with van der Waals surface area (Å²) in [5.74, 6) is 0.825. The minimum atomic E-state index is -0.117. The minimum Gasteiger partial charge on any atom is -0.394 e. The SMILES string of the molecule is CC(CO)N(C)C(=O)NCCC1CCC1. The maximum atomic E-state index is 11.5. The van der Waals surface area contributed by atoms with Gasteiger partial charge in [-0.2, -0.15) is 0 Å². The second-order valence-electron chi connectivity index (χ2n) is 4.46. The van der Waals surface area contributed by atoms with Crippen LogP contribution in [0, 0.1) is 5.92 Å². The summed E-state index contributed by atoms with van der Waals surface area (Å²) in [4.78, 5) is 13.1. The number of likely N-dealkylation sites (N-methyl/N-ethyl adjacent to an activating group) is 1. The van der Waals surface area contributed by atoms with Crippen LogP contribution in [-0.2, 0) is 0 Å². The Morgan fingerprint density at radius 1 is 1.60 bits per heavy atom. The molecular formula is C11H22N2O2. The lowest BCUT2D eigenvalue weighted by Crippen LogP contribution is -2.44. The van der Waals surface area contributed by atoms with Gasteiger partial charge in [0.05, 0.1) is 12.6 Å². The molecule has 88 valence electrons. The molecule has 1 aliphatic carbocycles. The number of rotatable bonds is 5. The third-order valence-corrected chi connectivity index (χ3v) is 3.30. The summed E-state index contributed by atoms with van der Waals surface area (Å²) in [6.45, 7) is 2.59. The number of carbonyl (C=O) groups excluding carboxylic acids is 1. The van der Waals surface area contributed by atoms with Crippen molar-refractivity contribution in [2.45, 2.75) is 38.6 Å². The molecule has 0 bridgehead atoms.